The summed E-state index contributed by atoms with van der Waals surface area (Å²) in [6.45, 7) is 7.43. The molecule has 0 aliphatic heterocycles. The molecular weight excluding hydrogens is 222 g/mol. The predicted molar refractivity (Wildman–Crippen MR) is 79.0 cm³/mol. The molecule has 108 valence electrons. The van der Waals surface area contributed by atoms with Crippen molar-refractivity contribution in [2.24, 2.45) is 5.92 Å². The van der Waals surface area contributed by atoms with Gasteiger partial charge >= 0.3 is 0 Å². The van der Waals surface area contributed by atoms with E-state index in [9.17, 15) is 0 Å². The highest BCUT2D eigenvalue weighted by molar-refractivity contribution is 4.74. The van der Waals surface area contributed by atoms with Crippen LogP contribution in [0.2, 0.25) is 0 Å². The van der Waals surface area contributed by atoms with Crippen molar-refractivity contribution in [3.8, 4) is 0 Å². The second kappa shape index (κ2) is 10.8. The normalized spacial score (nSPS) is 19.0. The van der Waals surface area contributed by atoms with Crippen LogP contribution in [0.3, 0.4) is 0 Å². The van der Waals surface area contributed by atoms with Crippen LogP contribution in [-0.2, 0) is 4.74 Å². The van der Waals surface area contributed by atoms with Gasteiger partial charge in [0.15, 0.2) is 0 Å². The Kier molecular flexibility index (Phi) is 9.59. The molecule has 2 nitrogen and oxygen atoms in total. The molecule has 0 aromatic rings. The molecule has 1 unspecified atom stereocenters. The first kappa shape index (κ1) is 16.0. The molecule has 1 N–H and O–H groups in total. The largest absolute Gasteiger partial charge is 0.381 e. The molecule has 0 spiro atoms. The van der Waals surface area contributed by atoms with Crippen molar-refractivity contribution in [3.63, 3.8) is 0 Å². The van der Waals surface area contributed by atoms with Crippen molar-refractivity contribution < 1.29 is 4.74 Å². The molecule has 0 radical (unpaired) electrons. The average Bonchev–Trinajstić information content (AvgIpc) is 2.41. The van der Waals surface area contributed by atoms with Crippen molar-refractivity contribution in [3.05, 3.63) is 0 Å². The van der Waals surface area contributed by atoms with E-state index in [-0.39, 0.29) is 0 Å². The lowest BCUT2D eigenvalue weighted by atomic mass is 9.84. The number of nitrogens with one attached hydrogen (secondary N) is 1. The molecular formula is C16H33NO. The Morgan fingerprint density at radius 2 is 1.83 bits per heavy atom. The Labute approximate surface area is 114 Å². The third-order valence-corrected chi connectivity index (χ3v) is 3.98. The molecule has 18 heavy (non-hydrogen) atoms. The number of hydrogen-bond acceptors (Lipinski definition) is 2. The van der Waals surface area contributed by atoms with Gasteiger partial charge in [-0.25, -0.2) is 0 Å². The Balaban J connectivity index is 2.20. The van der Waals surface area contributed by atoms with Gasteiger partial charge in [0.05, 0.1) is 0 Å². The number of hydrogen-bond donors (Lipinski definition) is 1. The predicted octanol–water partition coefficient (Wildman–Crippen LogP) is 4.14. The number of ether oxygens (including phenoxy) is 1. The first-order valence-electron chi connectivity index (χ1n) is 8.18. The molecule has 0 bridgehead atoms. The fourth-order valence-corrected chi connectivity index (χ4v) is 2.95. The standard InChI is InChI=1S/C16H33NO/c1-3-11-17-16(10-13-18-12-4-2)14-15-8-6-5-7-9-15/h15-17H,3-14H2,1-2H3. The highest BCUT2D eigenvalue weighted by Gasteiger charge is 2.18. The molecule has 1 aliphatic carbocycles. The van der Waals surface area contributed by atoms with Gasteiger partial charge in [-0.3, -0.25) is 0 Å². The summed E-state index contributed by atoms with van der Waals surface area (Å²) in [4.78, 5) is 0. The molecule has 1 rings (SSSR count). The maximum absolute atomic E-state index is 5.64. The van der Waals surface area contributed by atoms with E-state index in [1.165, 1.54) is 51.4 Å². The van der Waals surface area contributed by atoms with Gasteiger partial charge in [0.25, 0.3) is 0 Å². The van der Waals surface area contributed by atoms with Crippen LogP contribution < -0.4 is 5.32 Å². The molecule has 0 aromatic carbocycles. The van der Waals surface area contributed by atoms with Crippen LogP contribution in [0.25, 0.3) is 0 Å². The maximum Gasteiger partial charge on any atom is 0.0480 e. The topological polar surface area (TPSA) is 21.3 Å². The lowest BCUT2D eigenvalue weighted by molar-refractivity contribution is 0.120. The summed E-state index contributed by atoms with van der Waals surface area (Å²) in [5, 5.41) is 3.71. The Hall–Kier alpha value is -0.0800. The fraction of sp³-hybridized carbons (Fsp3) is 1.00. The summed E-state index contributed by atoms with van der Waals surface area (Å²) in [6, 6.07) is 0.685. The van der Waals surface area contributed by atoms with E-state index in [0.29, 0.717) is 6.04 Å². The minimum atomic E-state index is 0.685. The first-order chi connectivity index (χ1) is 8.86. The zero-order valence-corrected chi connectivity index (χ0v) is 12.5. The molecule has 1 aliphatic rings. The van der Waals surface area contributed by atoms with Crippen LogP contribution >= 0.6 is 0 Å². The van der Waals surface area contributed by atoms with E-state index >= 15 is 0 Å². The highest BCUT2D eigenvalue weighted by Crippen LogP contribution is 2.27. The van der Waals surface area contributed by atoms with Crippen molar-refractivity contribution in [2.45, 2.75) is 77.7 Å². The highest BCUT2D eigenvalue weighted by atomic mass is 16.5. The first-order valence-corrected chi connectivity index (χ1v) is 8.18. The quantitative estimate of drug-likeness (QED) is 0.592. The Bertz CT molecular complexity index is 178. The van der Waals surface area contributed by atoms with Gasteiger partial charge in [-0.2, -0.15) is 0 Å². The van der Waals surface area contributed by atoms with Crippen LogP contribution in [0, 0.1) is 5.92 Å². The number of rotatable bonds is 10. The van der Waals surface area contributed by atoms with Crippen LogP contribution in [0.1, 0.15) is 71.6 Å². The van der Waals surface area contributed by atoms with Crippen LogP contribution in [-0.4, -0.2) is 25.8 Å². The van der Waals surface area contributed by atoms with E-state index in [1.807, 2.05) is 0 Å². The van der Waals surface area contributed by atoms with Gasteiger partial charge in [0.2, 0.25) is 0 Å². The molecule has 0 amide bonds. The van der Waals surface area contributed by atoms with Crippen molar-refractivity contribution in [1.82, 2.24) is 5.32 Å². The molecule has 0 heterocycles. The van der Waals surface area contributed by atoms with E-state index in [2.05, 4.69) is 19.2 Å². The second-order valence-corrected chi connectivity index (χ2v) is 5.79. The Morgan fingerprint density at radius 1 is 1.06 bits per heavy atom. The Morgan fingerprint density at radius 3 is 2.50 bits per heavy atom. The SMILES string of the molecule is CCCNC(CCOCCC)CC1CCCCC1. The zero-order chi connectivity index (χ0) is 13.1. The molecule has 1 atom stereocenters. The van der Waals surface area contributed by atoms with Crippen molar-refractivity contribution in [1.29, 1.82) is 0 Å². The molecule has 1 fully saturated rings. The summed E-state index contributed by atoms with van der Waals surface area (Å²) in [6.07, 6.45) is 12.2. The van der Waals surface area contributed by atoms with Gasteiger partial charge in [-0.1, -0.05) is 46.0 Å². The fourth-order valence-electron chi connectivity index (χ4n) is 2.95. The summed E-state index contributed by atoms with van der Waals surface area (Å²) >= 11 is 0. The molecule has 2 heteroatoms. The van der Waals surface area contributed by atoms with Gasteiger partial charge in [0, 0.05) is 19.3 Å². The third kappa shape index (κ3) is 7.38. The molecule has 0 saturated heterocycles. The van der Waals surface area contributed by atoms with Crippen LogP contribution in [0.15, 0.2) is 0 Å². The van der Waals surface area contributed by atoms with Crippen molar-refractivity contribution in [2.75, 3.05) is 19.8 Å². The van der Waals surface area contributed by atoms with Gasteiger partial charge < -0.3 is 10.1 Å². The third-order valence-electron chi connectivity index (χ3n) is 3.98. The smallest absolute Gasteiger partial charge is 0.0480 e. The minimum Gasteiger partial charge on any atom is -0.381 e. The summed E-state index contributed by atoms with van der Waals surface area (Å²) in [5.74, 6) is 0.972. The van der Waals surface area contributed by atoms with Crippen LogP contribution in [0.4, 0.5) is 0 Å². The van der Waals surface area contributed by atoms with Gasteiger partial charge in [0.1, 0.15) is 0 Å². The zero-order valence-electron chi connectivity index (χ0n) is 12.5. The monoisotopic (exact) mass is 255 g/mol. The van der Waals surface area contributed by atoms with E-state index in [1.54, 1.807) is 0 Å². The van der Waals surface area contributed by atoms with E-state index in [0.717, 1.165) is 32.1 Å². The van der Waals surface area contributed by atoms with E-state index < -0.39 is 0 Å². The minimum absolute atomic E-state index is 0.685. The van der Waals surface area contributed by atoms with Gasteiger partial charge in [-0.05, 0) is 38.1 Å². The summed E-state index contributed by atoms with van der Waals surface area (Å²) < 4.78 is 5.64. The molecule has 0 aromatic heterocycles. The average molecular weight is 255 g/mol. The van der Waals surface area contributed by atoms with E-state index in [4.69, 9.17) is 4.74 Å². The second-order valence-electron chi connectivity index (χ2n) is 5.79. The lowest BCUT2D eigenvalue weighted by Crippen LogP contribution is -2.33. The van der Waals surface area contributed by atoms with Crippen molar-refractivity contribution >= 4 is 0 Å². The van der Waals surface area contributed by atoms with Crippen LogP contribution in [0.5, 0.6) is 0 Å². The summed E-state index contributed by atoms with van der Waals surface area (Å²) in [7, 11) is 0. The summed E-state index contributed by atoms with van der Waals surface area (Å²) in [5.41, 5.74) is 0. The molecule has 1 saturated carbocycles. The lowest BCUT2D eigenvalue weighted by Gasteiger charge is -2.27. The van der Waals surface area contributed by atoms with Gasteiger partial charge in [-0.15, -0.1) is 0 Å². The maximum atomic E-state index is 5.64.